The molecule has 0 amide bonds. The smallest absolute Gasteiger partial charge is 0.0228 e. The second kappa shape index (κ2) is 3.21. The molecular weight excluding hydrogens is 134 g/mol. The molecule has 0 unspecified atom stereocenters. The fraction of sp³-hybridized carbons (Fsp3) is 0.700. The Kier molecular flexibility index (Phi) is 3.03. The van der Waals surface area contributed by atoms with Crippen LogP contribution >= 0.6 is 0 Å². The van der Waals surface area contributed by atoms with Gasteiger partial charge in [0, 0.05) is 11.1 Å². The van der Waals surface area contributed by atoms with Gasteiger partial charge in [0.15, 0.2) is 0 Å². The van der Waals surface area contributed by atoms with Crippen LogP contribution in [-0.4, -0.2) is 5.71 Å². The van der Waals surface area contributed by atoms with E-state index in [-0.39, 0.29) is 5.41 Å². The van der Waals surface area contributed by atoms with Gasteiger partial charge in [0.25, 0.3) is 0 Å². The van der Waals surface area contributed by atoms with Gasteiger partial charge in [-0.2, -0.15) is 0 Å². The number of allylic oxidation sites excluding steroid dienone is 2. The molecule has 0 aromatic rings. The van der Waals surface area contributed by atoms with Gasteiger partial charge in [-0.05, 0) is 27.7 Å². The monoisotopic (exact) mass is 153 g/mol. The highest BCUT2D eigenvalue weighted by molar-refractivity contribution is 5.87. The summed E-state index contributed by atoms with van der Waals surface area (Å²) in [5.41, 5.74) is 3.31. The van der Waals surface area contributed by atoms with Crippen LogP contribution in [0.1, 0.15) is 41.5 Å². The lowest BCUT2D eigenvalue weighted by Crippen LogP contribution is -2.22. The second-order valence-corrected chi connectivity index (χ2v) is 3.88. The van der Waals surface area contributed by atoms with Gasteiger partial charge >= 0.3 is 0 Å². The number of hydrogen-bond acceptors (Lipinski definition) is 1. The minimum atomic E-state index is -0.0567. The van der Waals surface area contributed by atoms with Crippen LogP contribution in [0.25, 0.3) is 0 Å². The minimum Gasteiger partial charge on any atom is -0.309 e. The van der Waals surface area contributed by atoms with Gasteiger partial charge in [-0.3, -0.25) is 0 Å². The van der Waals surface area contributed by atoms with Crippen molar-refractivity contribution in [1.82, 2.24) is 0 Å². The van der Waals surface area contributed by atoms with Gasteiger partial charge < -0.3 is 5.41 Å². The number of rotatable bonds is 2. The maximum Gasteiger partial charge on any atom is 0.0228 e. The van der Waals surface area contributed by atoms with Gasteiger partial charge in [-0.25, -0.2) is 0 Å². The first-order valence-corrected chi connectivity index (χ1v) is 4.00. The summed E-state index contributed by atoms with van der Waals surface area (Å²) in [6, 6.07) is 0. The lowest BCUT2D eigenvalue weighted by Gasteiger charge is -2.26. The van der Waals surface area contributed by atoms with Crippen molar-refractivity contribution in [2.75, 3.05) is 0 Å². The van der Waals surface area contributed by atoms with Crippen molar-refractivity contribution in [2.45, 2.75) is 41.5 Å². The van der Waals surface area contributed by atoms with Crippen molar-refractivity contribution in [3.8, 4) is 0 Å². The maximum absolute atomic E-state index is 7.59. The molecule has 0 rings (SSSR count). The zero-order valence-electron chi connectivity index (χ0n) is 8.50. The van der Waals surface area contributed by atoms with Crippen LogP contribution in [0.4, 0.5) is 0 Å². The molecule has 0 aliphatic carbocycles. The van der Waals surface area contributed by atoms with Gasteiger partial charge in [-0.1, -0.05) is 25.0 Å². The summed E-state index contributed by atoms with van der Waals surface area (Å²) in [5.74, 6) is 0. The molecule has 0 aromatic carbocycles. The van der Waals surface area contributed by atoms with Crippen LogP contribution in [0.5, 0.6) is 0 Å². The molecule has 0 atom stereocenters. The molecule has 64 valence electrons. The molecule has 1 N–H and O–H groups in total. The summed E-state index contributed by atoms with van der Waals surface area (Å²) < 4.78 is 0. The van der Waals surface area contributed by atoms with Gasteiger partial charge in [-0.15, -0.1) is 0 Å². The summed E-state index contributed by atoms with van der Waals surface area (Å²) in [7, 11) is 0. The van der Waals surface area contributed by atoms with E-state index in [1.165, 1.54) is 11.1 Å². The highest BCUT2D eigenvalue weighted by Crippen LogP contribution is 2.29. The summed E-state index contributed by atoms with van der Waals surface area (Å²) >= 11 is 0. The standard InChI is InChI=1S/C10H19N/c1-7(2)8(3)10(5,6)9(4)11/h11H,1-6H3. The van der Waals surface area contributed by atoms with Crippen molar-refractivity contribution in [3.63, 3.8) is 0 Å². The van der Waals surface area contributed by atoms with Crippen molar-refractivity contribution in [2.24, 2.45) is 5.41 Å². The molecule has 0 bridgehead atoms. The maximum atomic E-state index is 7.59. The van der Waals surface area contributed by atoms with Crippen LogP contribution in [0.2, 0.25) is 0 Å². The average Bonchev–Trinajstić information content (AvgIpc) is 1.85. The Morgan fingerprint density at radius 2 is 1.36 bits per heavy atom. The van der Waals surface area contributed by atoms with Crippen molar-refractivity contribution < 1.29 is 0 Å². The van der Waals surface area contributed by atoms with Gasteiger partial charge in [0.2, 0.25) is 0 Å². The van der Waals surface area contributed by atoms with Crippen LogP contribution in [0.3, 0.4) is 0 Å². The van der Waals surface area contributed by atoms with Crippen molar-refractivity contribution in [3.05, 3.63) is 11.1 Å². The molecule has 0 saturated heterocycles. The average molecular weight is 153 g/mol. The third-order valence-corrected chi connectivity index (χ3v) is 2.62. The molecule has 0 aliphatic heterocycles. The third-order valence-electron chi connectivity index (χ3n) is 2.62. The predicted octanol–water partition coefficient (Wildman–Crippen LogP) is 3.41. The van der Waals surface area contributed by atoms with E-state index < -0.39 is 0 Å². The fourth-order valence-corrected chi connectivity index (χ4v) is 0.906. The van der Waals surface area contributed by atoms with Crippen LogP contribution < -0.4 is 0 Å². The number of hydrogen-bond donors (Lipinski definition) is 1. The molecule has 0 aliphatic rings. The Hall–Kier alpha value is -0.590. The van der Waals surface area contributed by atoms with E-state index in [1.807, 2.05) is 6.92 Å². The summed E-state index contributed by atoms with van der Waals surface area (Å²) in [6.07, 6.45) is 0. The topological polar surface area (TPSA) is 23.9 Å². The quantitative estimate of drug-likeness (QED) is 0.464. The van der Waals surface area contributed by atoms with E-state index in [1.54, 1.807) is 0 Å². The van der Waals surface area contributed by atoms with Crippen LogP contribution in [0.15, 0.2) is 11.1 Å². The lowest BCUT2D eigenvalue weighted by atomic mass is 9.79. The van der Waals surface area contributed by atoms with Gasteiger partial charge in [0.1, 0.15) is 0 Å². The van der Waals surface area contributed by atoms with E-state index >= 15 is 0 Å². The molecule has 0 spiro atoms. The largest absolute Gasteiger partial charge is 0.309 e. The second-order valence-electron chi connectivity index (χ2n) is 3.88. The first-order valence-electron chi connectivity index (χ1n) is 4.00. The Balaban J connectivity index is 4.86. The van der Waals surface area contributed by atoms with E-state index in [0.29, 0.717) is 0 Å². The first kappa shape index (κ1) is 10.4. The Morgan fingerprint density at radius 1 is 1.00 bits per heavy atom. The molecule has 1 heteroatoms. The number of nitrogens with one attached hydrogen (secondary N) is 1. The normalized spacial score (nSPS) is 11.1. The zero-order chi connectivity index (χ0) is 9.23. The van der Waals surface area contributed by atoms with Gasteiger partial charge in [0.05, 0.1) is 0 Å². The minimum absolute atomic E-state index is 0.0567. The Labute approximate surface area is 70.0 Å². The molecule has 0 radical (unpaired) electrons. The van der Waals surface area contributed by atoms with E-state index in [4.69, 9.17) is 5.41 Å². The highest BCUT2D eigenvalue weighted by atomic mass is 14.5. The molecular formula is C10H19N. The SMILES string of the molecule is CC(=N)C(C)(C)C(C)=C(C)C. The van der Waals surface area contributed by atoms with E-state index in [9.17, 15) is 0 Å². The summed E-state index contributed by atoms with van der Waals surface area (Å²) in [4.78, 5) is 0. The van der Waals surface area contributed by atoms with E-state index in [0.717, 1.165) is 5.71 Å². The summed E-state index contributed by atoms with van der Waals surface area (Å²) in [6.45, 7) is 12.4. The Morgan fingerprint density at radius 3 is 1.45 bits per heavy atom. The lowest BCUT2D eigenvalue weighted by molar-refractivity contribution is 0.611. The first-order chi connectivity index (χ1) is 4.80. The van der Waals surface area contributed by atoms with Crippen molar-refractivity contribution in [1.29, 1.82) is 5.41 Å². The predicted molar refractivity (Wildman–Crippen MR) is 51.2 cm³/mol. The fourth-order valence-electron chi connectivity index (χ4n) is 0.906. The van der Waals surface area contributed by atoms with Crippen LogP contribution in [0, 0.1) is 10.8 Å². The van der Waals surface area contributed by atoms with Crippen molar-refractivity contribution >= 4 is 5.71 Å². The van der Waals surface area contributed by atoms with E-state index in [2.05, 4.69) is 34.6 Å². The molecule has 0 aromatic heterocycles. The molecule has 0 saturated carbocycles. The molecule has 11 heavy (non-hydrogen) atoms. The molecule has 0 fully saturated rings. The molecule has 0 heterocycles. The summed E-state index contributed by atoms with van der Waals surface area (Å²) in [5, 5.41) is 7.59. The van der Waals surface area contributed by atoms with Crippen LogP contribution in [-0.2, 0) is 0 Å². The molecule has 1 nitrogen and oxygen atoms in total. The highest BCUT2D eigenvalue weighted by Gasteiger charge is 2.22. The third kappa shape index (κ3) is 2.18. The zero-order valence-corrected chi connectivity index (χ0v) is 8.50. The Bertz CT molecular complexity index is 193.